The minimum Gasteiger partial charge on any atom is -0.362 e. The van der Waals surface area contributed by atoms with E-state index >= 15 is 0 Å². The highest BCUT2D eigenvalue weighted by Crippen LogP contribution is 2.31. The highest BCUT2D eigenvalue weighted by atomic mass is 32.2. The molecule has 1 aromatic rings. The number of nitrogens with one attached hydrogen (secondary N) is 1. The van der Waals surface area contributed by atoms with Crippen molar-refractivity contribution in [3.63, 3.8) is 0 Å². The lowest BCUT2D eigenvalue weighted by molar-refractivity contribution is 0.311. The van der Waals surface area contributed by atoms with Gasteiger partial charge in [0.1, 0.15) is 0 Å². The summed E-state index contributed by atoms with van der Waals surface area (Å²) in [6.07, 6.45) is 8.29. The monoisotopic (exact) mass is 275 g/mol. The van der Waals surface area contributed by atoms with Gasteiger partial charge < -0.3 is 5.32 Å². The zero-order valence-electron chi connectivity index (χ0n) is 11.2. The Morgan fingerprint density at radius 3 is 3.16 bits per heavy atom. The standard InChI is InChI=1S/C15H21N3S/c1-2-7-14-12(5-1)11-19-15(18-14)17-10-8-13-6-3-4-9-16-13/h3-4,6,9,12,14H,1-2,5,7-8,10-11H2,(H,17,18). The summed E-state index contributed by atoms with van der Waals surface area (Å²) in [5, 5.41) is 4.79. The molecule has 1 aromatic heterocycles. The molecule has 3 nitrogen and oxygen atoms in total. The molecule has 3 rings (SSSR count). The molecule has 1 N–H and O–H groups in total. The van der Waals surface area contributed by atoms with Crippen molar-refractivity contribution in [1.29, 1.82) is 0 Å². The summed E-state index contributed by atoms with van der Waals surface area (Å²) in [5.74, 6) is 2.12. The second-order valence-electron chi connectivity index (χ2n) is 5.36. The SMILES string of the molecule is c1ccc(CCN=C2NC3CCCCC3CS2)nc1. The van der Waals surface area contributed by atoms with Gasteiger partial charge in [0.15, 0.2) is 5.17 Å². The first-order chi connectivity index (χ1) is 9.42. The molecule has 0 amide bonds. The molecule has 19 heavy (non-hydrogen) atoms. The Balaban J connectivity index is 1.50. The van der Waals surface area contributed by atoms with Gasteiger partial charge in [-0.15, -0.1) is 0 Å². The predicted octanol–water partition coefficient (Wildman–Crippen LogP) is 2.88. The highest BCUT2D eigenvalue weighted by Gasteiger charge is 2.29. The van der Waals surface area contributed by atoms with Crippen molar-refractivity contribution < 1.29 is 0 Å². The van der Waals surface area contributed by atoms with Crippen LogP contribution in [0.5, 0.6) is 0 Å². The number of pyridine rings is 1. The molecule has 0 bridgehead atoms. The molecule has 2 aliphatic rings. The van der Waals surface area contributed by atoms with E-state index in [0.717, 1.165) is 29.7 Å². The lowest BCUT2D eigenvalue weighted by atomic mass is 9.86. The summed E-state index contributed by atoms with van der Waals surface area (Å²) in [7, 11) is 0. The molecular formula is C15H21N3S. The number of aliphatic imine (C=N–C) groups is 1. The summed E-state index contributed by atoms with van der Waals surface area (Å²) in [5.41, 5.74) is 1.13. The summed E-state index contributed by atoms with van der Waals surface area (Å²) in [6.45, 7) is 0.837. The van der Waals surface area contributed by atoms with Gasteiger partial charge >= 0.3 is 0 Å². The van der Waals surface area contributed by atoms with Crippen molar-refractivity contribution in [2.24, 2.45) is 10.9 Å². The zero-order valence-corrected chi connectivity index (χ0v) is 12.0. The Labute approximate surface area is 119 Å². The number of thioether (sulfide) groups is 1. The van der Waals surface area contributed by atoms with E-state index in [4.69, 9.17) is 4.99 Å². The fourth-order valence-electron chi connectivity index (χ4n) is 2.89. The molecule has 0 aromatic carbocycles. The lowest BCUT2D eigenvalue weighted by Gasteiger charge is -2.36. The maximum Gasteiger partial charge on any atom is 0.156 e. The normalized spacial score (nSPS) is 28.7. The van der Waals surface area contributed by atoms with Crippen LogP contribution in [0.25, 0.3) is 0 Å². The number of nitrogens with zero attached hydrogens (tertiary/aromatic N) is 2. The van der Waals surface area contributed by atoms with Crippen LogP contribution in [0.4, 0.5) is 0 Å². The third-order valence-electron chi connectivity index (χ3n) is 4.00. The van der Waals surface area contributed by atoms with Crippen molar-refractivity contribution in [1.82, 2.24) is 10.3 Å². The molecule has 1 saturated carbocycles. The minimum absolute atomic E-state index is 0.684. The van der Waals surface area contributed by atoms with Crippen molar-refractivity contribution >= 4 is 16.9 Å². The second kappa shape index (κ2) is 6.42. The summed E-state index contributed by atoms with van der Waals surface area (Å²) < 4.78 is 0. The number of hydrogen-bond acceptors (Lipinski definition) is 3. The van der Waals surface area contributed by atoms with Crippen LogP contribution in [0.2, 0.25) is 0 Å². The largest absolute Gasteiger partial charge is 0.362 e. The first-order valence-electron chi connectivity index (χ1n) is 7.25. The van der Waals surface area contributed by atoms with Gasteiger partial charge in [-0.05, 0) is 30.9 Å². The van der Waals surface area contributed by atoms with Crippen molar-refractivity contribution in [2.75, 3.05) is 12.3 Å². The van der Waals surface area contributed by atoms with E-state index in [1.165, 1.54) is 31.4 Å². The predicted molar refractivity (Wildman–Crippen MR) is 81.6 cm³/mol. The van der Waals surface area contributed by atoms with Crippen LogP contribution in [0, 0.1) is 5.92 Å². The topological polar surface area (TPSA) is 37.3 Å². The maximum absolute atomic E-state index is 4.70. The van der Waals surface area contributed by atoms with Gasteiger partial charge in [-0.2, -0.15) is 0 Å². The number of fused-ring (bicyclic) bond motifs is 1. The third-order valence-corrected chi connectivity index (χ3v) is 5.12. The van der Waals surface area contributed by atoms with Crippen molar-refractivity contribution in [3.8, 4) is 0 Å². The van der Waals surface area contributed by atoms with Gasteiger partial charge in [-0.1, -0.05) is 30.7 Å². The van der Waals surface area contributed by atoms with E-state index in [0.29, 0.717) is 6.04 Å². The molecule has 2 atom stereocenters. The minimum atomic E-state index is 0.684. The summed E-state index contributed by atoms with van der Waals surface area (Å²) >= 11 is 1.90. The average molecular weight is 275 g/mol. The first kappa shape index (κ1) is 13.0. The van der Waals surface area contributed by atoms with Crippen LogP contribution in [0.15, 0.2) is 29.4 Å². The Bertz CT molecular complexity index is 432. The fraction of sp³-hybridized carbons (Fsp3) is 0.600. The van der Waals surface area contributed by atoms with Crippen LogP contribution >= 0.6 is 11.8 Å². The van der Waals surface area contributed by atoms with Crippen molar-refractivity contribution in [2.45, 2.75) is 38.1 Å². The van der Waals surface area contributed by atoms with Gasteiger partial charge in [0.05, 0.1) is 0 Å². The fourth-order valence-corrected chi connectivity index (χ4v) is 4.08. The molecule has 1 aliphatic heterocycles. The molecule has 4 heteroatoms. The molecule has 2 fully saturated rings. The Morgan fingerprint density at radius 1 is 1.32 bits per heavy atom. The summed E-state index contributed by atoms with van der Waals surface area (Å²) in [6, 6.07) is 6.75. The Morgan fingerprint density at radius 2 is 2.26 bits per heavy atom. The lowest BCUT2D eigenvalue weighted by Crippen LogP contribution is -2.46. The van der Waals surface area contributed by atoms with E-state index in [-0.39, 0.29) is 0 Å². The number of hydrogen-bond donors (Lipinski definition) is 1. The number of amidine groups is 1. The van der Waals surface area contributed by atoms with E-state index < -0.39 is 0 Å². The summed E-state index contributed by atoms with van der Waals surface area (Å²) in [4.78, 5) is 9.03. The highest BCUT2D eigenvalue weighted by molar-refractivity contribution is 8.13. The number of rotatable bonds is 3. The molecule has 1 saturated heterocycles. The average Bonchev–Trinajstić information content (AvgIpc) is 2.48. The Kier molecular flexibility index (Phi) is 4.38. The van der Waals surface area contributed by atoms with Crippen LogP contribution in [-0.2, 0) is 6.42 Å². The van der Waals surface area contributed by atoms with Crippen LogP contribution < -0.4 is 5.32 Å². The molecule has 2 unspecified atom stereocenters. The molecule has 0 radical (unpaired) electrons. The van der Waals surface area contributed by atoms with Crippen LogP contribution in [0.1, 0.15) is 31.4 Å². The van der Waals surface area contributed by atoms with Gasteiger partial charge in [0, 0.05) is 36.7 Å². The second-order valence-corrected chi connectivity index (χ2v) is 6.37. The first-order valence-corrected chi connectivity index (χ1v) is 8.24. The molecule has 102 valence electrons. The van der Waals surface area contributed by atoms with Crippen LogP contribution in [0.3, 0.4) is 0 Å². The van der Waals surface area contributed by atoms with Gasteiger partial charge in [-0.25, -0.2) is 0 Å². The van der Waals surface area contributed by atoms with Crippen molar-refractivity contribution in [3.05, 3.63) is 30.1 Å². The van der Waals surface area contributed by atoms with E-state index in [1.54, 1.807) is 0 Å². The Hall–Kier alpha value is -1.03. The molecule has 1 aliphatic carbocycles. The van der Waals surface area contributed by atoms with Crippen LogP contribution in [-0.4, -0.2) is 28.5 Å². The van der Waals surface area contributed by atoms with E-state index in [2.05, 4.69) is 16.4 Å². The quantitative estimate of drug-likeness (QED) is 0.921. The zero-order chi connectivity index (χ0) is 12.9. The van der Waals surface area contributed by atoms with Gasteiger partial charge in [0.2, 0.25) is 0 Å². The number of aromatic nitrogens is 1. The molecule has 2 heterocycles. The smallest absolute Gasteiger partial charge is 0.156 e. The van der Waals surface area contributed by atoms with Gasteiger partial charge in [0.25, 0.3) is 0 Å². The molecule has 0 spiro atoms. The van der Waals surface area contributed by atoms with Gasteiger partial charge in [-0.3, -0.25) is 9.98 Å². The maximum atomic E-state index is 4.70. The van der Waals surface area contributed by atoms with E-state index in [9.17, 15) is 0 Å². The third kappa shape index (κ3) is 3.50. The van der Waals surface area contributed by atoms with E-state index in [1.807, 2.05) is 30.1 Å². The molecular weight excluding hydrogens is 254 g/mol.